The van der Waals surface area contributed by atoms with Crippen LogP contribution in [0.3, 0.4) is 0 Å². The molecule has 4 aromatic rings. The Labute approximate surface area is 245 Å². The second kappa shape index (κ2) is 10.8. The molecule has 2 bridgehead atoms. The molecule has 7 heterocycles. The monoisotopic (exact) mass is 658 g/mol. The number of H-pyrrole nitrogens is 1. The van der Waals surface area contributed by atoms with E-state index in [9.17, 15) is 14.3 Å². The van der Waals surface area contributed by atoms with Gasteiger partial charge in [-0.1, -0.05) is 0 Å². The number of rotatable bonds is 2. The number of nitrogen functional groups attached to an aromatic ring is 2. The Kier molecular flexibility index (Phi) is 7.25. The molecule has 6 N–H and O–H groups in total. The van der Waals surface area contributed by atoms with Crippen molar-refractivity contribution in [3.63, 3.8) is 0 Å². The number of aromatic amines is 1. The van der Waals surface area contributed by atoms with Crippen LogP contribution < -0.4 is 17.0 Å². The number of imidazole rings is 1. The van der Waals surface area contributed by atoms with Gasteiger partial charge in [0.15, 0.2) is 35.9 Å². The first kappa shape index (κ1) is 28.7. The van der Waals surface area contributed by atoms with Crippen LogP contribution in [0.15, 0.2) is 29.7 Å². The fourth-order valence-corrected chi connectivity index (χ4v) is 7.55. The van der Waals surface area contributed by atoms with Gasteiger partial charge in [0.1, 0.15) is 36.6 Å². The van der Waals surface area contributed by atoms with Crippen LogP contribution in [-0.4, -0.2) is 82.7 Å². The standard InChI is InChI=1S/C21H22FN9O9P2S/c22-12-14-11(38-20(12)30-2-1-9-15(23)25-6-26-16(9)30)5-36-42(34,43)40-10-3-8(4-35-41(33)39-14)37-19(10)31-7-27-13-17(31)28-21(24)29-18(13)32/h1-2,6-8,10-12,14,19-20H,3-5H2,(H5-,23,24,25,26,28,29,32,34,43)/p+1/t8-,10+,11+,12-,14+,19+,20+,42?/m0/s1. The smallest absolute Gasteiger partial charge is 0.383 e. The van der Waals surface area contributed by atoms with Crippen LogP contribution in [0.4, 0.5) is 16.2 Å². The molecule has 7 rings (SSSR count). The summed E-state index contributed by atoms with van der Waals surface area (Å²) < 4.78 is 65.8. The van der Waals surface area contributed by atoms with Crippen molar-refractivity contribution in [2.75, 3.05) is 24.7 Å². The number of nitrogens with two attached hydrogens (primary N) is 2. The number of hydrogen-bond donors (Lipinski definition) is 4. The highest BCUT2D eigenvalue weighted by Crippen LogP contribution is 2.51. The van der Waals surface area contributed by atoms with E-state index in [2.05, 4.69) is 24.9 Å². The number of alkyl halides is 1. The van der Waals surface area contributed by atoms with Gasteiger partial charge in [-0.2, -0.15) is 4.98 Å². The van der Waals surface area contributed by atoms with Gasteiger partial charge in [-0.3, -0.25) is 14.3 Å². The van der Waals surface area contributed by atoms with Gasteiger partial charge in [0, 0.05) is 17.2 Å². The van der Waals surface area contributed by atoms with Crippen LogP contribution in [0.5, 0.6) is 0 Å². The molecule has 228 valence electrons. The van der Waals surface area contributed by atoms with Crippen LogP contribution in [-0.2, 0) is 43.9 Å². The minimum Gasteiger partial charge on any atom is -0.383 e. The quantitative estimate of drug-likeness (QED) is 0.219. The zero-order valence-corrected chi connectivity index (χ0v) is 24.3. The Morgan fingerprint density at radius 2 is 1.98 bits per heavy atom. The summed E-state index contributed by atoms with van der Waals surface area (Å²) in [6.07, 6.45) is -4.39. The van der Waals surface area contributed by atoms with E-state index in [1.54, 1.807) is 6.07 Å². The fourth-order valence-electron chi connectivity index (χ4n) is 5.31. The van der Waals surface area contributed by atoms with Gasteiger partial charge in [-0.15, -0.1) is 9.05 Å². The largest absolute Gasteiger partial charge is 0.697 e. The summed E-state index contributed by atoms with van der Waals surface area (Å²) in [6, 6.07) is 1.60. The molecule has 3 aliphatic heterocycles. The molecular formula is C21H23FN9O9P2S+. The average Bonchev–Trinajstić information content (AvgIpc) is 3.72. The molecule has 0 saturated carbocycles. The molecule has 0 aromatic carbocycles. The van der Waals surface area contributed by atoms with E-state index in [0.717, 1.165) is 0 Å². The van der Waals surface area contributed by atoms with Crippen LogP contribution >= 0.6 is 15.0 Å². The fraction of sp³-hybridized carbons (Fsp3) is 0.476. The third kappa shape index (κ3) is 5.22. The molecule has 0 aliphatic carbocycles. The second-order valence-electron chi connectivity index (χ2n) is 9.89. The number of ether oxygens (including phenoxy) is 2. The van der Waals surface area contributed by atoms with Gasteiger partial charge in [-0.25, -0.2) is 19.3 Å². The van der Waals surface area contributed by atoms with Gasteiger partial charge in [0.05, 0.1) is 24.4 Å². The van der Waals surface area contributed by atoms with Crippen molar-refractivity contribution in [1.82, 2.24) is 34.1 Å². The molecule has 22 heteroatoms. The molecule has 0 spiro atoms. The SMILES string of the molecule is Nc1nc2c(ncn2[C@@H]2O[C@@H]3CO[P+](=O)O[C@H]4[C@H](F)[C@H](n5ccc6c(N)ncnc65)O[C@@H]4COP(O)(=S)O[C@@H]2C3)c(=O)[nH]1. The van der Waals surface area contributed by atoms with Crippen LogP contribution in [0.1, 0.15) is 18.9 Å². The first-order valence-corrected chi connectivity index (χ1v) is 16.4. The lowest BCUT2D eigenvalue weighted by Gasteiger charge is -2.25. The summed E-state index contributed by atoms with van der Waals surface area (Å²) in [5, 5.41) is 0.476. The molecule has 4 aromatic heterocycles. The maximum atomic E-state index is 15.9. The van der Waals surface area contributed by atoms with Crippen molar-refractivity contribution in [2.24, 2.45) is 0 Å². The van der Waals surface area contributed by atoms with Crippen LogP contribution in [0.2, 0.25) is 0 Å². The summed E-state index contributed by atoms with van der Waals surface area (Å²) in [4.78, 5) is 42.0. The Bertz CT molecular complexity index is 1840. The average molecular weight is 658 g/mol. The zero-order chi connectivity index (χ0) is 30.0. The van der Waals surface area contributed by atoms with E-state index < -0.39 is 70.2 Å². The number of fused-ring (bicyclic) bond motifs is 5. The maximum Gasteiger partial charge on any atom is 0.697 e. The number of hydrogen-bond acceptors (Lipinski definition) is 15. The predicted molar refractivity (Wildman–Crippen MR) is 148 cm³/mol. The lowest BCUT2D eigenvalue weighted by Crippen LogP contribution is -2.33. The molecule has 0 amide bonds. The number of halogens is 1. The number of anilines is 2. The third-order valence-electron chi connectivity index (χ3n) is 7.20. The lowest BCUT2D eigenvalue weighted by atomic mass is 10.1. The number of nitrogens with one attached hydrogen (secondary N) is 1. The summed E-state index contributed by atoms with van der Waals surface area (Å²) >= 11 is 5.28. The molecule has 18 nitrogen and oxygen atoms in total. The lowest BCUT2D eigenvalue weighted by molar-refractivity contribution is -0.0578. The predicted octanol–water partition coefficient (Wildman–Crippen LogP) is 0.943. The van der Waals surface area contributed by atoms with E-state index in [1.165, 1.54) is 28.0 Å². The zero-order valence-electron chi connectivity index (χ0n) is 21.7. The molecule has 0 radical (unpaired) electrons. The first-order valence-electron chi connectivity index (χ1n) is 12.7. The Hall–Kier alpha value is -3.03. The second-order valence-corrected chi connectivity index (χ2v) is 13.6. The maximum absolute atomic E-state index is 15.9. The molecule has 9 atom stereocenters. The highest BCUT2D eigenvalue weighted by atomic mass is 32.5. The molecule has 2 unspecified atom stereocenters. The first-order chi connectivity index (χ1) is 20.6. The highest BCUT2D eigenvalue weighted by molar-refractivity contribution is 8.07. The number of nitrogens with zero attached hydrogens (tertiary/aromatic N) is 6. The van der Waals surface area contributed by atoms with Gasteiger partial charge in [0.2, 0.25) is 5.95 Å². The highest BCUT2D eigenvalue weighted by Gasteiger charge is 2.53. The van der Waals surface area contributed by atoms with Crippen molar-refractivity contribution in [3.8, 4) is 0 Å². The molecule has 3 aliphatic rings. The van der Waals surface area contributed by atoms with Crippen molar-refractivity contribution in [1.29, 1.82) is 0 Å². The van der Waals surface area contributed by atoms with E-state index >= 15 is 4.39 Å². The molecule has 3 fully saturated rings. The third-order valence-corrected chi connectivity index (χ3v) is 9.56. The molecule has 43 heavy (non-hydrogen) atoms. The van der Waals surface area contributed by atoms with Crippen molar-refractivity contribution >= 4 is 60.7 Å². The minimum atomic E-state index is -4.04. The van der Waals surface area contributed by atoms with Gasteiger partial charge < -0.3 is 39.4 Å². The van der Waals surface area contributed by atoms with Gasteiger partial charge >= 0.3 is 15.0 Å². The van der Waals surface area contributed by atoms with E-state index in [-0.39, 0.29) is 36.0 Å². The van der Waals surface area contributed by atoms with Gasteiger partial charge in [-0.05, 0) is 17.9 Å². The Morgan fingerprint density at radius 1 is 1.14 bits per heavy atom. The summed E-state index contributed by atoms with van der Waals surface area (Å²) in [6.45, 7) is -4.79. The number of aromatic nitrogens is 7. The summed E-state index contributed by atoms with van der Waals surface area (Å²) in [7, 11) is -2.88. The van der Waals surface area contributed by atoms with E-state index in [4.69, 9.17) is 50.8 Å². The Morgan fingerprint density at radius 3 is 2.81 bits per heavy atom. The summed E-state index contributed by atoms with van der Waals surface area (Å²) in [5.74, 6) is 0.0414. The van der Waals surface area contributed by atoms with Crippen LogP contribution in [0.25, 0.3) is 22.2 Å². The van der Waals surface area contributed by atoms with E-state index in [1.807, 2.05) is 0 Å². The van der Waals surface area contributed by atoms with E-state index in [0.29, 0.717) is 11.0 Å². The van der Waals surface area contributed by atoms with Crippen molar-refractivity contribution in [2.45, 2.75) is 49.5 Å². The molecular weight excluding hydrogens is 635 g/mol. The van der Waals surface area contributed by atoms with Gasteiger partial charge in [0.25, 0.3) is 5.56 Å². The molecule has 3 saturated heterocycles. The van der Waals surface area contributed by atoms with Crippen LogP contribution in [0, 0.1) is 0 Å². The summed E-state index contributed by atoms with van der Waals surface area (Å²) in [5.41, 5.74) is 11.4. The Balaban J connectivity index is 1.16. The van der Waals surface area contributed by atoms with Crippen molar-refractivity contribution in [3.05, 3.63) is 35.3 Å². The van der Waals surface area contributed by atoms with Crippen molar-refractivity contribution < 1.29 is 41.4 Å². The topological polar surface area (TPSA) is 239 Å². The normalized spacial score (nSPS) is 34.6. The minimum absolute atomic E-state index is 0.00816.